The van der Waals surface area contributed by atoms with Crippen LogP contribution < -0.4 is 9.47 Å². The third kappa shape index (κ3) is 3.52. The fraction of sp³-hybridized carbons (Fsp3) is 0.167. The summed E-state index contributed by atoms with van der Waals surface area (Å²) in [6, 6.07) is 9.08. The quantitative estimate of drug-likeness (QED) is 0.617. The van der Waals surface area contributed by atoms with E-state index in [1.807, 2.05) is 19.1 Å². The van der Waals surface area contributed by atoms with Gasteiger partial charge in [0.2, 0.25) is 0 Å². The summed E-state index contributed by atoms with van der Waals surface area (Å²) in [4.78, 5) is 12.1. The third-order valence-electron chi connectivity index (χ3n) is 3.29. The number of hydrogen-bond acceptors (Lipinski definition) is 3. The topological polar surface area (TPSA) is 35.5 Å². The Morgan fingerprint density at radius 3 is 2.27 bits per heavy atom. The van der Waals surface area contributed by atoms with Gasteiger partial charge in [0.1, 0.15) is 17.3 Å². The number of carbonyl (C=O) groups excluding carboxylic acids is 1. The molecule has 0 aromatic heterocycles. The lowest BCUT2D eigenvalue weighted by atomic mass is 10.1. The van der Waals surface area contributed by atoms with E-state index in [0.29, 0.717) is 11.3 Å². The molecule has 0 aliphatic heterocycles. The highest BCUT2D eigenvalue weighted by Gasteiger charge is 2.07. The first kappa shape index (κ1) is 15.8. The second kappa shape index (κ2) is 6.89. The van der Waals surface area contributed by atoms with Gasteiger partial charge in [0.05, 0.1) is 14.2 Å². The van der Waals surface area contributed by atoms with Crippen molar-refractivity contribution >= 4 is 11.9 Å². The first-order valence-corrected chi connectivity index (χ1v) is 6.75. The molecular formula is C18H17FO3. The van der Waals surface area contributed by atoms with E-state index < -0.39 is 0 Å². The Morgan fingerprint density at radius 2 is 1.68 bits per heavy atom. The average molecular weight is 300 g/mol. The van der Waals surface area contributed by atoms with Gasteiger partial charge in [-0.25, -0.2) is 4.39 Å². The molecule has 0 radical (unpaired) electrons. The Kier molecular flexibility index (Phi) is 4.94. The normalized spacial score (nSPS) is 10.7. The molecule has 0 heterocycles. The number of ether oxygens (including phenoxy) is 2. The number of halogens is 1. The van der Waals surface area contributed by atoms with Crippen molar-refractivity contribution in [1.82, 2.24) is 0 Å². The fourth-order valence-electron chi connectivity index (χ4n) is 2.08. The van der Waals surface area contributed by atoms with Crippen molar-refractivity contribution in [2.24, 2.45) is 0 Å². The summed E-state index contributed by atoms with van der Waals surface area (Å²) in [6.45, 7) is 1.92. The molecule has 0 saturated carbocycles. The van der Waals surface area contributed by atoms with Crippen LogP contribution in [0.4, 0.5) is 4.39 Å². The molecule has 22 heavy (non-hydrogen) atoms. The molecule has 0 aliphatic carbocycles. The molecule has 0 atom stereocenters. The van der Waals surface area contributed by atoms with E-state index in [4.69, 9.17) is 9.47 Å². The van der Waals surface area contributed by atoms with Gasteiger partial charge in [-0.1, -0.05) is 0 Å². The summed E-state index contributed by atoms with van der Waals surface area (Å²) < 4.78 is 23.4. The van der Waals surface area contributed by atoms with Gasteiger partial charge in [0, 0.05) is 11.1 Å². The summed E-state index contributed by atoms with van der Waals surface area (Å²) in [5, 5.41) is 0. The Morgan fingerprint density at radius 1 is 1.05 bits per heavy atom. The SMILES string of the molecule is COc1cc(/C=C/C(=O)c2ccc(F)cc2)c(OC)cc1C. The maximum absolute atomic E-state index is 12.9. The number of ketones is 1. The molecular weight excluding hydrogens is 283 g/mol. The minimum atomic E-state index is -0.370. The van der Waals surface area contributed by atoms with Crippen molar-refractivity contribution in [1.29, 1.82) is 0 Å². The van der Waals surface area contributed by atoms with Crippen LogP contribution in [0.25, 0.3) is 6.08 Å². The van der Waals surface area contributed by atoms with Crippen LogP contribution in [0, 0.1) is 12.7 Å². The maximum atomic E-state index is 12.9. The van der Waals surface area contributed by atoms with E-state index in [1.54, 1.807) is 20.3 Å². The molecule has 0 aliphatic rings. The molecule has 3 nitrogen and oxygen atoms in total. The summed E-state index contributed by atoms with van der Waals surface area (Å²) in [6.07, 6.45) is 3.09. The van der Waals surface area contributed by atoms with Crippen LogP contribution in [0.3, 0.4) is 0 Å². The zero-order chi connectivity index (χ0) is 16.1. The van der Waals surface area contributed by atoms with Crippen molar-refractivity contribution in [3.05, 3.63) is 65.0 Å². The van der Waals surface area contributed by atoms with E-state index >= 15 is 0 Å². The molecule has 0 spiro atoms. The monoisotopic (exact) mass is 300 g/mol. The molecule has 0 fully saturated rings. The predicted octanol–water partition coefficient (Wildman–Crippen LogP) is 4.05. The van der Waals surface area contributed by atoms with E-state index in [2.05, 4.69) is 0 Å². The van der Waals surface area contributed by atoms with Gasteiger partial charge < -0.3 is 9.47 Å². The molecule has 0 amide bonds. The standard InChI is InChI=1S/C18H17FO3/c1-12-10-18(22-3)14(11-17(12)21-2)6-9-16(20)13-4-7-15(19)8-5-13/h4-11H,1-3H3/b9-6+. The van der Waals surface area contributed by atoms with Gasteiger partial charge in [0.15, 0.2) is 5.78 Å². The van der Waals surface area contributed by atoms with Gasteiger partial charge in [-0.05, 0) is 61.0 Å². The lowest BCUT2D eigenvalue weighted by Gasteiger charge is -2.10. The molecule has 0 saturated heterocycles. The summed E-state index contributed by atoms with van der Waals surface area (Å²) in [5.74, 6) is 0.795. The highest BCUT2D eigenvalue weighted by Crippen LogP contribution is 2.29. The smallest absolute Gasteiger partial charge is 0.185 e. The van der Waals surface area contributed by atoms with E-state index in [1.165, 1.54) is 30.3 Å². The van der Waals surface area contributed by atoms with Gasteiger partial charge in [-0.15, -0.1) is 0 Å². The highest BCUT2D eigenvalue weighted by molar-refractivity contribution is 6.06. The van der Waals surface area contributed by atoms with Crippen LogP contribution in [-0.2, 0) is 0 Å². The molecule has 2 aromatic rings. The number of aryl methyl sites for hydroxylation is 1. The van der Waals surface area contributed by atoms with Gasteiger partial charge in [-0.3, -0.25) is 4.79 Å². The van der Waals surface area contributed by atoms with Crippen LogP contribution >= 0.6 is 0 Å². The van der Waals surface area contributed by atoms with Crippen molar-refractivity contribution in [2.75, 3.05) is 14.2 Å². The summed E-state index contributed by atoms with van der Waals surface area (Å²) >= 11 is 0. The third-order valence-corrected chi connectivity index (χ3v) is 3.29. The molecule has 4 heteroatoms. The van der Waals surface area contributed by atoms with Crippen molar-refractivity contribution in [3.8, 4) is 11.5 Å². The minimum absolute atomic E-state index is 0.207. The highest BCUT2D eigenvalue weighted by atomic mass is 19.1. The zero-order valence-corrected chi connectivity index (χ0v) is 12.7. The van der Waals surface area contributed by atoms with Crippen LogP contribution in [0.5, 0.6) is 11.5 Å². The van der Waals surface area contributed by atoms with E-state index in [-0.39, 0.29) is 11.6 Å². The van der Waals surface area contributed by atoms with Crippen LogP contribution in [0.2, 0.25) is 0 Å². The molecule has 0 unspecified atom stereocenters. The Labute approximate surface area is 129 Å². The maximum Gasteiger partial charge on any atom is 0.185 e. The lowest BCUT2D eigenvalue weighted by Crippen LogP contribution is -1.95. The Hall–Kier alpha value is -2.62. The van der Waals surface area contributed by atoms with E-state index in [0.717, 1.165) is 16.9 Å². The number of methoxy groups -OCH3 is 2. The average Bonchev–Trinajstić information content (AvgIpc) is 2.53. The van der Waals surface area contributed by atoms with Crippen LogP contribution in [-0.4, -0.2) is 20.0 Å². The number of hydrogen-bond donors (Lipinski definition) is 0. The van der Waals surface area contributed by atoms with Crippen molar-refractivity contribution in [3.63, 3.8) is 0 Å². The summed E-state index contributed by atoms with van der Waals surface area (Å²) in [7, 11) is 3.16. The Balaban J connectivity index is 2.29. The molecule has 0 N–H and O–H groups in total. The number of allylic oxidation sites excluding steroid dienone is 1. The van der Waals surface area contributed by atoms with Crippen LogP contribution in [0.1, 0.15) is 21.5 Å². The molecule has 0 bridgehead atoms. The van der Waals surface area contributed by atoms with Gasteiger partial charge in [-0.2, -0.15) is 0 Å². The van der Waals surface area contributed by atoms with Crippen molar-refractivity contribution in [2.45, 2.75) is 6.92 Å². The fourth-order valence-corrected chi connectivity index (χ4v) is 2.08. The largest absolute Gasteiger partial charge is 0.496 e. The number of benzene rings is 2. The second-order valence-electron chi connectivity index (χ2n) is 4.77. The van der Waals surface area contributed by atoms with Gasteiger partial charge >= 0.3 is 0 Å². The molecule has 2 aromatic carbocycles. The number of carbonyl (C=O) groups is 1. The second-order valence-corrected chi connectivity index (χ2v) is 4.77. The Bertz CT molecular complexity index is 703. The zero-order valence-electron chi connectivity index (χ0n) is 12.7. The van der Waals surface area contributed by atoms with E-state index in [9.17, 15) is 9.18 Å². The first-order chi connectivity index (χ1) is 10.5. The van der Waals surface area contributed by atoms with Crippen LogP contribution in [0.15, 0.2) is 42.5 Å². The summed E-state index contributed by atoms with van der Waals surface area (Å²) in [5.41, 5.74) is 2.11. The predicted molar refractivity (Wildman–Crippen MR) is 84.0 cm³/mol. The molecule has 2 rings (SSSR count). The first-order valence-electron chi connectivity index (χ1n) is 6.75. The number of rotatable bonds is 5. The van der Waals surface area contributed by atoms with Crippen molar-refractivity contribution < 1.29 is 18.7 Å². The lowest BCUT2D eigenvalue weighted by molar-refractivity contribution is 0.104. The van der Waals surface area contributed by atoms with Gasteiger partial charge in [0.25, 0.3) is 0 Å². The minimum Gasteiger partial charge on any atom is -0.496 e. The molecule has 114 valence electrons.